The molecule has 1 aliphatic heterocycles. The van der Waals surface area contributed by atoms with Crippen molar-refractivity contribution in [2.75, 3.05) is 0 Å². The van der Waals surface area contributed by atoms with E-state index in [1.807, 2.05) is 28.8 Å². The maximum atomic E-state index is 14.2. The number of fused-ring (bicyclic) bond motifs is 2. The van der Waals surface area contributed by atoms with E-state index < -0.39 is 11.9 Å². The predicted molar refractivity (Wildman–Crippen MR) is 129 cm³/mol. The fourth-order valence-corrected chi connectivity index (χ4v) is 5.60. The Hall–Kier alpha value is -3.19. The molecule has 1 N–H and O–H groups in total. The van der Waals surface area contributed by atoms with Crippen LogP contribution in [-0.2, 0) is 22.7 Å². The standard InChI is InChI=1S/C27H25ClFN3O3/c28-20-6-3-4-16(25(20)29)12-30-27(35)23-11-17-10-22(17)32(23)24(33)14-31-13-19(26(34)15-8-9-15)18-5-1-2-7-21(18)31/h1-7,13,15,17,22-23H,8-12,14H2,(H,30,35)/t17-,22?,23+/m1/s1. The van der Waals surface area contributed by atoms with E-state index in [4.69, 9.17) is 11.6 Å². The molecule has 180 valence electrons. The van der Waals surface area contributed by atoms with Crippen LogP contribution < -0.4 is 5.32 Å². The molecule has 3 atom stereocenters. The van der Waals surface area contributed by atoms with E-state index in [1.165, 1.54) is 6.07 Å². The number of benzene rings is 2. The van der Waals surface area contributed by atoms with Gasteiger partial charge in [0.1, 0.15) is 18.4 Å². The average Bonchev–Trinajstić information content (AvgIpc) is 3.78. The highest BCUT2D eigenvalue weighted by atomic mass is 35.5. The molecule has 0 radical (unpaired) electrons. The van der Waals surface area contributed by atoms with Gasteiger partial charge in [0.2, 0.25) is 11.8 Å². The van der Waals surface area contributed by atoms with Crippen LogP contribution in [0.3, 0.4) is 0 Å². The first kappa shape index (κ1) is 22.3. The van der Waals surface area contributed by atoms with Crippen LogP contribution in [0.5, 0.6) is 0 Å². The van der Waals surface area contributed by atoms with Crippen LogP contribution in [0.15, 0.2) is 48.7 Å². The summed E-state index contributed by atoms with van der Waals surface area (Å²) in [6.45, 7) is 0.0718. The lowest BCUT2D eigenvalue weighted by Crippen LogP contribution is -2.48. The molecule has 1 aromatic heterocycles. The minimum atomic E-state index is -0.581. The maximum absolute atomic E-state index is 14.2. The molecule has 2 amide bonds. The first-order valence-corrected chi connectivity index (χ1v) is 12.4. The van der Waals surface area contributed by atoms with E-state index in [1.54, 1.807) is 23.2 Å². The molecule has 1 saturated heterocycles. The molecular weight excluding hydrogens is 469 g/mol. The molecule has 2 saturated carbocycles. The molecule has 2 aromatic carbocycles. The number of halogens is 2. The van der Waals surface area contributed by atoms with Gasteiger partial charge in [-0.1, -0.05) is 41.9 Å². The number of amides is 2. The predicted octanol–water partition coefficient (Wildman–Crippen LogP) is 4.33. The van der Waals surface area contributed by atoms with Crippen molar-refractivity contribution in [1.29, 1.82) is 0 Å². The molecule has 6 rings (SSSR count). The van der Waals surface area contributed by atoms with E-state index in [0.29, 0.717) is 23.5 Å². The monoisotopic (exact) mass is 493 g/mol. The smallest absolute Gasteiger partial charge is 0.243 e. The average molecular weight is 494 g/mol. The van der Waals surface area contributed by atoms with Gasteiger partial charge in [-0.05, 0) is 43.7 Å². The summed E-state index contributed by atoms with van der Waals surface area (Å²) in [5.41, 5.74) is 1.81. The van der Waals surface area contributed by atoms with E-state index in [9.17, 15) is 18.8 Å². The van der Waals surface area contributed by atoms with Crippen LogP contribution >= 0.6 is 11.6 Å². The molecular formula is C27H25ClFN3O3. The number of hydrogen-bond donors (Lipinski definition) is 1. The summed E-state index contributed by atoms with van der Waals surface area (Å²) >= 11 is 5.84. The van der Waals surface area contributed by atoms with E-state index in [2.05, 4.69) is 5.32 Å². The second kappa shape index (κ2) is 8.48. The Morgan fingerprint density at radius 1 is 1.06 bits per heavy atom. The van der Waals surface area contributed by atoms with Crippen LogP contribution in [0.25, 0.3) is 10.9 Å². The number of aromatic nitrogens is 1. The summed E-state index contributed by atoms with van der Waals surface area (Å²) < 4.78 is 16.0. The minimum absolute atomic E-state index is 0.00790. The van der Waals surface area contributed by atoms with E-state index in [-0.39, 0.29) is 47.7 Å². The summed E-state index contributed by atoms with van der Waals surface area (Å²) in [5, 5.41) is 3.65. The number of para-hydroxylation sites is 1. The fourth-order valence-electron chi connectivity index (χ4n) is 5.40. The van der Waals surface area contributed by atoms with Gasteiger partial charge in [0.15, 0.2) is 5.78 Å². The molecule has 3 fully saturated rings. The molecule has 35 heavy (non-hydrogen) atoms. The number of piperidine rings is 1. The van der Waals surface area contributed by atoms with Crippen molar-refractivity contribution < 1.29 is 18.8 Å². The third kappa shape index (κ3) is 4.01. The van der Waals surface area contributed by atoms with Crippen molar-refractivity contribution in [3.8, 4) is 0 Å². The van der Waals surface area contributed by atoms with Crippen LogP contribution in [0.1, 0.15) is 41.6 Å². The second-order valence-corrected chi connectivity index (χ2v) is 10.3. The Morgan fingerprint density at radius 2 is 1.86 bits per heavy atom. The van der Waals surface area contributed by atoms with Gasteiger partial charge in [0.05, 0.1) is 5.02 Å². The molecule has 1 unspecified atom stereocenters. The van der Waals surface area contributed by atoms with Crippen LogP contribution in [0.2, 0.25) is 5.02 Å². The van der Waals surface area contributed by atoms with E-state index in [0.717, 1.165) is 30.2 Å². The first-order chi connectivity index (χ1) is 16.9. The Kier molecular flexibility index (Phi) is 5.40. The summed E-state index contributed by atoms with van der Waals surface area (Å²) in [7, 11) is 0. The topological polar surface area (TPSA) is 71.4 Å². The Morgan fingerprint density at radius 3 is 2.66 bits per heavy atom. The molecule has 2 heterocycles. The highest BCUT2D eigenvalue weighted by molar-refractivity contribution is 6.30. The largest absolute Gasteiger partial charge is 0.350 e. The third-order valence-electron chi connectivity index (χ3n) is 7.49. The van der Waals surface area contributed by atoms with Gasteiger partial charge in [0, 0.05) is 46.7 Å². The van der Waals surface area contributed by atoms with Crippen molar-refractivity contribution in [3.05, 3.63) is 70.6 Å². The lowest BCUT2D eigenvalue weighted by Gasteiger charge is -2.27. The number of carbonyl (C=O) groups excluding carboxylic acids is 3. The number of nitrogens with zero attached hydrogens (tertiary/aromatic N) is 2. The van der Waals surface area contributed by atoms with Gasteiger partial charge in [0.25, 0.3) is 0 Å². The molecule has 6 nitrogen and oxygen atoms in total. The van der Waals surface area contributed by atoms with Crippen molar-refractivity contribution in [2.45, 2.75) is 50.9 Å². The van der Waals surface area contributed by atoms with Crippen molar-refractivity contribution >= 4 is 40.1 Å². The zero-order chi connectivity index (χ0) is 24.3. The molecule has 0 bridgehead atoms. The lowest BCUT2D eigenvalue weighted by molar-refractivity contribution is -0.140. The highest BCUT2D eigenvalue weighted by Gasteiger charge is 2.55. The number of ketones is 1. The SMILES string of the molecule is O=C(c1cn(CC(=O)N2C3C[C@@H]3C[C@H]2C(=O)NCc2cccc(Cl)c2F)c2ccccc12)C1CC1. The van der Waals surface area contributed by atoms with Crippen molar-refractivity contribution in [2.24, 2.45) is 11.8 Å². The lowest BCUT2D eigenvalue weighted by atomic mass is 10.1. The van der Waals surface area contributed by atoms with Gasteiger partial charge in [-0.2, -0.15) is 0 Å². The molecule has 3 aromatic rings. The number of rotatable bonds is 7. The minimum Gasteiger partial charge on any atom is -0.350 e. The summed E-state index contributed by atoms with van der Waals surface area (Å²) in [5.74, 6) is -0.421. The van der Waals surface area contributed by atoms with Crippen LogP contribution in [0, 0.1) is 17.7 Å². The van der Waals surface area contributed by atoms with Crippen molar-refractivity contribution in [3.63, 3.8) is 0 Å². The summed E-state index contributed by atoms with van der Waals surface area (Å²) in [4.78, 5) is 41.0. The van der Waals surface area contributed by atoms with Gasteiger partial charge in [-0.3, -0.25) is 14.4 Å². The van der Waals surface area contributed by atoms with Crippen LogP contribution in [-0.4, -0.2) is 39.1 Å². The molecule has 2 aliphatic carbocycles. The highest BCUT2D eigenvalue weighted by Crippen LogP contribution is 2.48. The number of Topliss-reactive ketones (excluding diaryl/α,β-unsaturated/α-hetero) is 1. The number of hydrogen-bond acceptors (Lipinski definition) is 3. The van der Waals surface area contributed by atoms with Gasteiger partial charge in [-0.15, -0.1) is 0 Å². The maximum Gasteiger partial charge on any atom is 0.243 e. The normalized spacial score (nSPS) is 22.8. The third-order valence-corrected chi connectivity index (χ3v) is 7.78. The Bertz CT molecular complexity index is 1360. The Balaban J connectivity index is 1.20. The number of nitrogens with one attached hydrogen (secondary N) is 1. The summed E-state index contributed by atoms with van der Waals surface area (Å²) in [6, 6.07) is 11.8. The van der Waals surface area contributed by atoms with Gasteiger partial charge >= 0.3 is 0 Å². The quantitative estimate of drug-likeness (QED) is 0.498. The zero-order valence-electron chi connectivity index (χ0n) is 19.0. The van der Waals surface area contributed by atoms with Gasteiger partial charge in [-0.25, -0.2) is 4.39 Å². The zero-order valence-corrected chi connectivity index (χ0v) is 19.8. The number of carbonyl (C=O) groups is 3. The number of likely N-dealkylation sites (tertiary alicyclic amines) is 1. The van der Waals surface area contributed by atoms with Crippen LogP contribution in [0.4, 0.5) is 4.39 Å². The summed E-state index contributed by atoms with van der Waals surface area (Å²) in [6.07, 6.45) is 5.14. The van der Waals surface area contributed by atoms with E-state index >= 15 is 0 Å². The first-order valence-electron chi connectivity index (χ1n) is 12.1. The Labute approximate surface area is 207 Å². The molecule has 3 aliphatic rings. The van der Waals surface area contributed by atoms with Gasteiger partial charge < -0.3 is 14.8 Å². The van der Waals surface area contributed by atoms with Crippen molar-refractivity contribution in [1.82, 2.24) is 14.8 Å². The second-order valence-electron chi connectivity index (χ2n) is 9.87. The molecule has 0 spiro atoms. The fraction of sp³-hybridized carbons (Fsp3) is 0.370. The molecule has 8 heteroatoms.